The summed E-state index contributed by atoms with van der Waals surface area (Å²) < 4.78 is 40.2. The molecule has 0 radical (unpaired) electrons. The number of methoxy groups -OCH3 is 2. The van der Waals surface area contributed by atoms with Gasteiger partial charge < -0.3 is 9.47 Å². The number of fused-ring (bicyclic) bond motifs is 1. The lowest BCUT2D eigenvalue weighted by Gasteiger charge is -2.21. The number of tetrazole rings is 1. The van der Waals surface area contributed by atoms with E-state index >= 15 is 0 Å². The van der Waals surface area contributed by atoms with Gasteiger partial charge in [0.2, 0.25) is 0 Å². The maximum Gasteiger partial charge on any atom is 0.272 e. The van der Waals surface area contributed by atoms with Gasteiger partial charge in [0.15, 0.2) is 11.2 Å². The number of rotatable bonds is 6. The van der Waals surface area contributed by atoms with E-state index in [1.165, 1.54) is 18.9 Å². The Morgan fingerprint density at radius 3 is 2.38 bits per heavy atom. The largest absolute Gasteiger partial charge is 0.496 e. The number of sulfonamides is 1. The second-order valence-corrected chi connectivity index (χ2v) is 9.23. The van der Waals surface area contributed by atoms with Crippen LogP contribution in [0.1, 0.15) is 39.6 Å². The molecule has 2 heterocycles. The fourth-order valence-electron chi connectivity index (χ4n) is 3.97. The molecule has 1 aliphatic rings. The van der Waals surface area contributed by atoms with Gasteiger partial charge in [-0.1, -0.05) is 25.1 Å². The number of aromatic nitrogens is 4. The van der Waals surface area contributed by atoms with Crippen molar-refractivity contribution in [2.45, 2.75) is 30.5 Å². The van der Waals surface area contributed by atoms with Gasteiger partial charge in [0.25, 0.3) is 15.9 Å². The first-order valence-electron chi connectivity index (χ1n) is 9.67. The number of carbonyl (C=O) groups is 1. The highest BCUT2D eigenvalue weighted by Gasteiger charge is 2.50. The number of para-hydroxylation sites is 1. The van der Waals surface area contributed by atoms with Gasteiger partial charge in [-0.05, 0) is 35.9 Å². The van der Waals surface area contributed by atoms with Crippen LogP contribution in [0.25, 0.3) is 5.69 Å². The summed E-state index contributed by atoms with van der Waals surface area (Å²) in [5.41, 5.74) is 1.59. The van der Waals surface area contributed by atoms with Crippen molar-refractivity contribution in [3.05, 3.63) is 52.8 Å². The number of benzene rings is 2. The molecule has 0 spiro atoms. The number of nitrogens with zero attached hydrogens (tertiary/aromatic N) is 5. The van der Waals surface area contributed by atoms with Crippen molar-refractivity contribution in [2.24, 2.45) is 0 Å². The molecule has 168 valence electrons. The van der Waals surface area contributed by atoms with E-state index in [9.17, 15) is 13.2 Å². The van der Waals surface area contributed by atoms with Crippen LogP contribution >= 0.6 is 12.6 Å². The highest BCUT2D eigenvalue weighted by atomic mass is 32.2. The van der Waals surface area contributed by atoms with Crippen LogP contribution in [-0.2, 0) is 16.4 Å². The summed E-state index contributed by atoms with van der Waals surface area (Å²) in [5.74, 6) is -0.188. The van der Waals surface area contributed by atoms with Gasteiger partial charge in [-0.3, -0.25) is 4.79 Å². The highest BCUT2D eigenvalue weighted by Crippen LogP contribution is 2.49. The lowest BCUT2D eigenvalue weighted by Crippen LogP contribution is -2.33. The smallest absolute Gasteiger partial charge is 0.272 e. The minimum atomic E-state index is -4.32. The van der Waals surface area contributed by atoms with Gasteiger partial charge in [-0.2, -0.15) is 4.68 Å². The summed E-state index contributed by atoms with van der Waals surface area (Å²) in [6.07, 6.45) is 0.379. The maximum atomic E-state index is 13.6. The third-order valence-corrected chi connectivity index (χ3v) is 7.75. The number of ether oxygens (including phenoxy) is 2. The van der Waals surface area contributed by atoms with Crippen LogP contribution in [0.4, 0.5) is 0 Å². The molecular formula is C20H21N5O5S2. The Morgan fingerprint density at radius 1 is 1.12 bits per heavy atom. The summed E-state index contributed by atoms with van der Waals surface area (Å²) in [5, 5.41) is 10.3. The van der Waals surface area contributed by atoms with Gasteiger partial charge in [0.05, 0.1) is 25.5 Å². The molecule has 0 bridgehead atoms. The molecule has 0 fully saturated rings. The number of carbonyl (C=O) groups excluding carboxylic acids is 1. The Balaban J connectivity index is 1.92. The van der Waals surface area contributed by atoms with Gasteiger partial charge >= 0.3 is 0 Å². The van der Waals surface area contributed by atoms with E-state index in [0.717, 1.165) is 0 Å². The second-order valence-electron chi connectivity index (χ2n) is 6.99. The number of hydrogen-bond donors (Lipinski definition) is 1. The second kappa shape index (κ2) is 8.10. The molecule has 1 aliphatic heterocycles. The van der Waals surface area contributed by atoms with Crippen LogP contribution in [0.5, 0.6) is 11.5 Å². The topological polar surface area (TPSA) is 117 Å². The Hall–Kier alpha value is -3.12. The van der Waals surface area contributed by atoms with E-state index in [0.29, 0.717) is 33.3 Å². The SMILES string of the molecule is CCc1c(OC)c(C)c(OC)c2c1C(=O)N(C(S)c1nnnn1-c1ccccc1)S2(=O)=O. The molecule has 1 unspecified atom stereocenters. The maximum absolute atomic E-state index is 13.6. The fraction of sp³-hybridized carbons (Fsp3) is 0.300. The zero-order valence-electron chi connectivity index (χ0n) is 17.8. The van der Waals surface area contributed by atoms with Crippen LogP contribution in [0.3, 0.4) is 0 Å². The molecule has 4 rings (SSSR count). The molecule has 1 amide bonds. The number of amides is 1. The number of hydrogen-bond acceptors (Lipinski definition) is 9. The van der Waals surface area contributed by atoms with Crippen molar-refractivity contribution in [1.82, 2.24) is 24.5 Å². The lowest BCUT2D eigenvalue weighted by atomic mass is 9.98. The Labute approximate surface area is 190 Å². The molecule has 32 heavy (non-hydrogen) atoms. The van der Waals surface area contributed by atoms with Crippen molar-refractivity contribution in [2.75, 3.05) is 14.2 Å². The molecule has 0 saturated heterocycles. The number of thiol groups is 1. The van der Waals surface area contributed by atoms with Crippen LogP contribution in [0.15, 0.2) is 35.2 Å². The van der Waals surface area contributed by atoms with E-state index < -0.39 is 21.3 Å². The standard InChI is InChI=1S/C20H21N5O5S2/c1-5-13-14-17(16(30-4)11(2)15(13)29-3)32(27,28)25(19(14)26)20(31)18-21-22-23-24(18)12-9-7-6-8-10-12/h6-10,20,31H,5H2,1-4H3. The average Bonchev–Trinajstić information content (AvgIpc) is 3.35. The van der Waals surface area contributed by atoms with Crippen LogP contribution < -0.4 is 9.47 Å². The van der Waals surface area contributed by atoms with E-state index in [2.05, 4.69) is 28.2 Å². The molecule has 10 nitrogen and oxygen atoms in total. The van der Waals surface area contributed by atoms with Crippen LogP contribution in [0.2, 0.25) is 0 Å². The molecule has 0 saturated carbocycles. The fourth-order valence-corrected chi connectivity index (χ4v) is 6.41. The first-order valence-corrected chi connectivity index (χ1v) is 11.6. The normalized spacial score (nSPS) is 15.5. The summed E-state index contributed by atoms with van der Waals surface area (Å²) >= 11 is 4.47. The van der Waals surface area contributed by atoms with Crippen molar-refractivity contribution >= 4 is 28.6 Å². The molecule has 1 atom stereocenters. The van der Waals surface area contributed by atoms with Gasteiger partial charge in [0, 0.05) is 11.1 Å². The van der Waals surface area contributed by atoms with E-state index in [1.54, 1.807) is 31.2 Å². The van der Waals surface area contributed by atoms with Crippen LogP contribution in [-0.4, -0.2) is 53.1 Å². The Morgan fingerprint density at radius 2 is 1.78 bits per heavy atom. The molecule has 3 aromatic rings. The Kier molecular flexibility index (Phi) is 5.59. The van der Waals surface area contributed by atoms with Crippen molar-refractivity contribution < 1.29 is 22.7 Å². The van der Waals surface area contributed by atoms with Gasteiger partial charge in [0.1, 0.15) is 16.4 Å². The summed E-state index contributed by atoms with van der Waals surface area (Å²) in [6.45, 7) is 3.51. The first kappa shape index (κ1) is 22.1. The molecular weight excluding hydrogens is 454 g/mol. The van der Waals surface area contributed by atoms with Gasteiger partial charge in [-0.25, -0.2) is 12.7 Å². The molecule has 12 heteroatoms. The zero-order valence-corrected chi connectivity index (χ0v) is 19.5. The first-order chi connectivity index (χ1) is 15.3. The summed E-state index contributed by atoms with van der Waals surface area (Å²) in [7, 11) is -1.51. The predicted molar refractivity (Wildman–Crippen MR) is 118 cm³/mol. The molecule has 1 aromatic heterocycles. The molecule has 0 aliphatic carbocycles. The average molecular weight is 476 g/mol. The van der Waals surface area contributed by atoms with Crippen molar-refractivity contribution in [3.8, 4) is 17.2 Å². The molecule has 2 aromatic carbocycles. The predicted octanol–water partition coefficient (Wildman–Crippen LogP) is 2.32. The van der Waals surface area contributed by atoms with E-state index in [4.69, 9.17) is 9.47 Å². The summed E-state index contributed by atoms with van der Waals surface area (Å²) in [4.78, 5) is 13.3. The quantitative estimate of drug-likeness (QED) is 0.540. The van der Waals surface area contributed by atoms with E-state index in [1.807, 2.05) is 13.0 Å². The van der Waals surface area contributed by atoms with Gasteiger partial charge in [-0.15, -0.1) is 17.7 Å². The third kappa shape index (κ3) is 3.05. The van der Waals surface area contributed by atoms with Crippen LogP contribution in [0, 0.1) is 6.92 Å². The summed E-state index contributed by atoms with van der Waals surface area (Å²) in [6, 6.07) is 8.90. The Bertz CT molecular complexity index is 1310. The zero-order chi connectivity index (χ0) is 23.2. The van der Waals surface area contributed by atoms with Crippen molar-refractivity contribution in [1.29, 1.82) is 0 Å². The minimum absolute atomic E-state index is 0.0181. The monoisotopic (exact) mass is 475 g/mol. The lowest BCUT2D eigenvalue weighted by molar-refractivity contribution is 0.0858. The van der Waals surface area contributed by atoms with Crippen molar-refractivity contribution in [3.63, 3.8) is 0 Å². The molecule has 0 N–H and O–H groups in total. The minimum Gasteiger partial charge on any atom is -0.496 e. The highest BCUT2D eigenvalue weighted by molar-refractivity contribution is 7.91. The van der Waals surface area contributed by atoms with E-state index in [-0.39, 0.29) is 22.0 Å². The third-order valence-electron chi connectivity index (χ3n) is 5.33.